The molecule has 2 heterocycles. The quantitative estimate of drug-likeness (QED) is 0.378. The van der Waals surface area contributed by atoms with Gasteiger partial charge in [-0.05, 0) is 42.0 Å². The molecule has 152 valence electrons. The van der Waals surface area contributed by atoms with Crippen LogP contribution in [0.3, 0.4) is 0 Å². The summed E-state index contributed by atoms with van der Waals surface area (Å²) >= 11 is 6.08. The molecule has 0 saturated heterocycles. The van der Waals surface area contributed by atoms with Crippen molar-refractivity contribution in [2.75, 3.05) is 10.6 Å². The number of fused-ring (bicyclic) bond motifs is 1. The first kappa shape index (κ1) is 19.9. The van der Waals surface area contributed by atoms with Crippen LogP contribution in [0.2, 0.25) is 5.02 Å². The first-order chi connectivity index (χ1) is 14.3. The maximum absolute atomic E-state index is 12.2. The fourth-order valence-corrected chi connectivity index (χ4v) is 3.14. The molecule has 0 aliphatic rings. The lowest BCUT2D eigenvalue weighted by Crippen LogP contribution is -2.27. The van der Waals surface area contributed by atoms with Crippen molar-refractivity contribution in [3.8, 4) is 11.3 Å². The topological polar surface area (TPSA) is 82.7 Å². The predicted molar refractivity (Wildman–Crippen MR) is 122 cm³/mol. The second-order valence-corrected chi connectivity index (χ2v) is 8.52. The summed E-state index contributed by atoms with van der Waals surface area (Å²) in [5, 5.41) is 7.75. The number of nitrogens with zero attached hydrogens (tertiary/aromatic N) is 2. The smallest absolute Gasteiger partial charge is 0.229 e. The number of rotatable bonds is 4. The van der Waals surface area contributed by atoms with Crippen LogP contribution >= 0.6 is 11.6 Å². The van der Waals surface area contributed by atoms with E-state index in [2.05, 4.69) is 25.6 Å². The molecule has 0 bridgehead atoms. The minimum absolute atomic E-state index is 0.0205. The molecule has 4 rings (SSSR count). The Bertz CT molecular complexity index is 1210. The van der Waals surface area contributed by atoms with Crippen LogP contribution in [0.1, 0.15) is 20.8 Å². The van der Waals surface area contributed by atoms with Crippen LogP contribution < -0.4 is 10.6 Å². The predicted octanol–water partition coefficient (Wildman–Crippen LogP) is 6.01. The Balaban J connectivity index is 1.60. The zero-order valence-corrected chi connectivity index (χ0v) is 17.7. The van der Waals surface area contributed by atoms with E-state index < -0.39 is 5.41 Å². The van der Waals surface area contributed by atoms with Crippen molar-refractivity contribution in [1.82, 2.24) is 15.0 Å². The fraction of sp³-hybridized carbons (Fsp3) is 0.174. The Labute approximate surface area is 179 Å². The van der Waals surface area contributed by atoms with Gasteiger partial charge in [0.25, 0.3) is 0 Å². The van der Waals surface area contributed by atoms with Crippen molar-refractivity contribution in [3.05, 3.63) is 65.9 Å². The van der Waals surface area contributed by atoms with E-state index in [1.807, 2.05) is 75.4 Å². The number of hydrogen-bond donors (Lipinski definition) is 3. The summed E-state index contributed by atoms with van der Waals surface area (Å²) in [6.45, 7) is 5.66. The molecule has 6 nitrogen and oxygen atoms in total. The lowest BCUT2D eigenvalue weighted by Gasteiger charge is -2.17. The molecule has 2 aromatic carbocycles. The van der Waals surface area contributed by atoms with Crippen LogP contribution in [-0.2, 0) is 4.79 Å². The summed E-state index contributed by atoms with van der Waals surface area (Å²) < 4.78 is 0. The Morgan fingerprint density at radius 2 is 1.77 bits per heavy atom. The van der Waals surface area contributed by atoms with Gasteiger partial charge in [0, 0.05) is 27.5 Å². The standard InChI is InChI=1S/C23H22ClN5O/c1-23(2,3)22(30)28-16-9-7-14(8-10-16)19-12-18-20(25-13-26-21(18)29-19)27-17-6-4-5-15(24)11-17/h4-13H,1-3H3,(H,28,30)(H2,25,26,27,29). The first-order valence-corrected chi connectivity index (χ1v) is 9.95. The van der Waals surface area contributed by atoms with Crippen LogP contribution in [0.25, 0.3) is 22.3 Å². The molecule has 4 aromatic rings. The highest BCUT2D eigenvalue weighted by Crippen LogP contribution is 2.30. The van der Waals surface area contributed by atoms with E-state index in [0.29, 0.717) is 10.8 Å². The molecule has 0 atom stereocenters. The Hall–Kier alpha value is -3.38. The Morgan fingerprint density at radius 1 is 1.00 bits per heavy atom. The third kappa shape index (κ3) is 4.28. The molecule has 1 amide bonds. The highest BCUT2D eigenvalue weighted by atomic mass is 35.5. The SMILES string of the molecule is CC(C)(C)C(=O)Nc1ccc(-c2cc3c(Nc4cccc(Cl)c4)ncnc3[nH]2)cc1. The molecule has 2 aromatic heterocycles. The first-order valence-electron chi connectivity index (χ1n) is 9.58. The maximum atomic E-state index is 12.2. The number of amides is 1. The van der Waals surface area contributed by atoms with Crippen LogP contribution in [0.15, 0.2) is 60.9 Å². The monoisotopic (exact) mass is 419 g/mol. The van der Waals surface area contributed by atoms with Crippen molar-refractivity contribution in [2.24, 2.45) is 5.41 Å². The van der Waals surface area contributed by atoms with Gasteiger partial charge in [0.2, 0.25) is 5.91 Å². The molecule has 0 unspecified atom stereocenters. The number of H-pyrrole nitrogens is 1. The number of nitrogens with one attached hydrogen (secondary N) is 3. The molecule has 0 fully saturated rings. The third-order valence-corrected chi connectivity index (χ3v) is 4.88. The van der Waals surface area contributed by atoms with Gasteiger partial charge in [-0.15, -0.1) is 0 Å². The van der Waals surface area contributed by atoms with Crippen LogP contribution in [0.5, 0.6) is 0 Å². The minimum Gasteiger partial charge on any atom is -0.340 e. The number of carbonyl (C=O) groups excluding carboxylic acids is 1. The number of aromatic nitrogens is 3. The molecule has 30 heavy (non-hydrogen) atoms. The summed E-state index contributed by atoms with van der Waals surface area (Å²) in [6, 6.07) is 17.2. The fourth-order valence-electron chi connectivity index (χ4n) is 2.95. The Morgan fingerprint density at radius 3 is 2.47 bits per heavy atom. The number of hydrogen-bond acceptors (Lipinski definition) is 4. The zero-order chi connectivity index (χ0) is 21.3. The molecular weight excluding hydrogens is 398 g/mol. The molecule has 0 saturated carbocycles. The van der Waals surface area contributed by atoms with Crippen molar-refractivity contribution in [3.63, 3.8) is 0 Å². The minimum atomic E-state index is -0.444. The number of halogens is 1. The average Bonchev–Trinajstić information content (AvgIpc) is 3.13. The van der Waals surface area contributed by atoms with Gasteiger partial charge in [-0.3, -0.25) is 4.79 Å². The summed E-state index contributed by atoms with van der Waals surface area (Å²) in [6.07, 6.45) is 1.51. The molecule has 0 radical (unpaired) electrons. The molecule has 0 spiro atoms. The van der Waals surface area contributed by atoms with Crippen LogP contribution in [-0.4, -0.2) is 20.9 Å². The van der Waals surface area contributed by atoms with Gasteiger partial charge in [0.15, 0.2) is 0 Å². The van der Waals surface area contributed by atoms with E-state index >= 15 is 0 Å². The summed E-state index contributed by atoms with van der Waals surface area (Å²) in [5.41, 5.74) is 3.79. The van der Waals surface area contributed by atoms with Gasteiger partial charge < -0.3 is 15.6 Å². The normalized spacial score (nSPS) is 11.5. The van der Waals surface area contributed by atoms with Gasteiger partial charge in [-0.1, -0.05) is 50.6 Å². The largest absolute Gasteiger partial charge is 0.340 e. The summed E-state index contributed by atoms with van der Waals surface area (Å²) in [7, 11) is 0. The van der Waals surface area contributed by atoms with Gasteiger partial charge in [-0.2, -0.15) is 0 Å². The lowest BCUT2D eigenvalue weighted by atomic mass is 9.95. The van der Waals surface area contributed by atoms with E-state index in [1.165, 1.54) is 6.33 Å². The van der Waals surface area contributed by atoms with E-state index in [0.717, 1.165) is 33.7 Å². The summed E-state index contributed by atoms with van der Waals surface area (Å²) in [5.74, 6) is 0.673. The van der Waals surface area contributed by atoms with Crippen LogP contribution in [0, 0.1) is 5.41 Å². The van der Waals surface area contributed by atoms with Gasteiger partial charge >= 0.3 is 0 Å². The van der Waals surface area contributed by atoms with E-state index in [1.54, 1.807) is 0 Å². The summed E-state index contributed by atoms with van der Waals surface area (Å²) in [4.78, 5) is 24.2. The zero-order valence-electron chi connectivity index (χ0n) is 17.0. The average molecular weight is 420 g/mol. The van der Waals surface area contributed by atoms with Gasteiger partial charge in [0.1, 0.15) is 17.8 Å². The van der Waals surface area contributed by atoms with E-state index in [4.69, 9.17) is 11.6 Å². The van der Waals surface area contributed by atoms with Crippen molar-refractivity contribution in [1.29, 1.82) is 0 Å². The highest BCUT2D eigenvalue weighted by Gasteiger charge is 2.21. The molecular formula is C23H22ClN5O. The third-order valence-electron chi connectivity index (χ3n) is 4.65. The van der Waals surface area contributed by atoms with Gasteiger partial charge in [-0.25, -0.2) is 9.97 Å². The highest BCUT2D eigenvalue weighted by molar-refractivity contribution is 6.30. The second-order valence-electron chi connectivity index (χ2n) is 8.08. The van der Waals surface area contributed by atoms with E-state index in [-0.39, 0.29) is 5.91 Å². The van der Waals surface area contributed by atoms with E-state index in [9.17, 15) is 4.79 Å². The van der Waals surface area contributed by atoms with Gasteiger partial charge in [0.05, 0.1) is 5.39 Å². The lowest BCUT2D eigenvalue weighted by molar-refractivity contribution is -0.123. The van der Waals surface area contributed by atoms with Crippen LogP contribution in [0.4, 0.5) is 17.2 Å². The maximum Gasteiger partial charge on any atom is 0.229 e. The molecule has 7 heteroatoms. The van der Waals surface area contributed by atoms with Crippen molar-refractivity contribution >= 4 is 45.7 Å². The second kappa shape index (κ2) is 7.80. The van der Waals surface area contributed by atoms with Crippen molar-refractivity contribution in [2.45, 2.75) is 20.8 Å². The number of anilines is 3. The molecule has 0 aliphatic carbocycles. The number of carbonyl (C=O) groups is 1. The molecule has 3 N–H and O–H groups in total. The molecule has 0 aliphatic heterocycles. The number of benzene rings is 2. The van der Waals surface area contributed by atoms with Crippen molar-refractivity contribution < 1.29 is 4.79 Å². The Kier molecular flexibility index (Phi) is 5.18. The number of aromatic amines is 1.